The number of rotatable bonds is 9. The lowest BCUT2D eigenvalue weighted by atomic mass is 10.1. The van der Waals surface area contributed by atoms with Crippen molar-refractivity contribution in [1.29, 1.82) is 0 Å². The fourth-order valence-electron chi connectivity index (χ4n) is 2.98. The molecule has 172 valence electrons. The number of benzene rings is 3. The smallest absolute Gasteiger partial charge is 0.286 e. The van der Waals surface area contributed by atoms with Crippen LogP contribution in [0.5, 0.6) is 11.5 Å². The van der Waals surface area contributed by atoms with Crippen LogP contribution in [0, 0.1) is 0 Å². The number of nitrogens with zero attached hydrogens (tertiary/aromatic N) is 2. The molecular formula is C25H22N4O4S. The Morgan fingerprint density at radius 2 is 1.59 bits per heavy atom. The summed E-state index contributed by atoms with van der Waals surface area (Å²) in [4.78, 5) is 24.9. The molecule has 0 aliphatic carbocycles. The monoisotopic (exact) mass is 474 g/mol. The first-order chi connectivity index (χ1) is 16.6. The molecule has 3 aromatic carbocycles. The van der Waals surface area contributed by atoms with E-state index in [1.165, 1.54) is 0 Å². The molecule has 4 rings (SSSR count). The van der Waals surface area contributed by atoms with Gasteiger partial charge in [-0.15, -0.1) is 10.2 Å². The number of aromatic nitrogens is 2. The summed E-state index contributed by atoms with van der Waals surface area (Å²) < 4.78 is 10.8. The van der Waals surface area contributed by atoms with Crippen molar-refractivity contribution in [2.45, 2.75) is 13.2 Å². The third kappa shape index (κ3) is 6.17. The molecule has 0 bridgehead atoms. The molecule has 0 aliphatic heterocycles. The highest BCUT2D eigenvalue weighted by Gasteiger charge is 2.14. The molecule has 34 heavy (non-hydrogen) atoms. The predicted molar refractivity (Wildman–Crippen MR) is 129 cm³/mol. The minimum absolute atomic E-state index is 0.208. The highest BCUT2D eigenvalue weighted by atomic mass is 32.1. The van der Waals surface area contributed by atoms with E-state index < -0.39 is 0 Å². The molecule has 0 saturated carbocycles. The van der Waals surface area contributed by atoms with Crippen molar-refractivity contribution in [3.63, 3.8) is 0 Å². The van der Waals surface area contributed by atoms with Crippen molar-refractivity contribution in [3.05, 3.63) is 100 Å². The van der Waals surface area contributed by atoms with E-state index in [0.717, 1.165) is 28.4 Å². The van der Waals surface area contributed by atoms with E-state index in [4.69, 9.17) is 9.47 Å². The Hall–Kier alpha value is -4.24. The molecule has 2 amide bonds. The predicted octanol–water partition coefficient (Wildman–Crippen LogP) is 4.31. The molecule has 2 N–H and O–H groups in total. The number of anilines is 1. The van der Waals surface area contributed by atoms with E-state index >= 15 is 0 Å². The normalized spacial score (nSPS) is 10.4. The van der Waals surface area contributed by atoms with E-state index in [-0.39, 0.29) is 23.4 Å². The molecule has 0 aliphatic rings. The Labute approximate surface area is 200 Å². The summed E-state index contributed by atoms with van der Waals surface area (Å²) in [5.41, 5.74) is 2.00. The Kier molecular flexibility index (Phi) is 7.46. The third-order valence-corrected chi connectivity index (χ3v) is 5.68. The van der Waals surface area contributed by atoms with Crippen LogP contribution in [0.15, 0.2) is 78.9 Å². The van der Waals surface area contributed by atoms with E-state index in [1.807, 2.05) is 54.6 Å². The number of hydrogen-bond acceptors (Lipinski definition) is 7. The van der Waals surface area contributed by atoms with Crippen LogP contribution in [0.4, 0.5) is 5.69 Å². The maximum atomic E-state index is 12.5. The Morgan fingerprint density at radius 1 is 0.853 bits per heavy atom. The lowest BCUT2D eigenvalue weighted by Crippen LogP contribution is -2.22. The maximum absolute atomic E-state index is 12.5. The van der Waals surface area contributed by atoms with Crippen LogP contribution in [0.25, 0.3) is 0 Å². The summed E-state index contributed by atoms with van der Waals surface area (Å²) in [5, 5.41) is 14.4. The summed E-state index contributed by atoms with van der Waals surface area (Å²) in [6.45, 7) is 0.629. The van der Waals surface area contributed by atoms with Crippen LogP contribution in [0.2, 0.25) is 0 Å². The lowest BCUT2D eigenvalue weighted by Gasteiger charge is -2.08. The topological polar surface area (TPSA) is 102 Å². The van der Waals surface area contributed by atoms with E-state index in [2.05, 4.69) is 20.8 Å². The second-order valence-corrected chi connectivity index (χ2v) is 8.23. The average Bonchev–Trinajstić information content (AvgIpc) is 3.37. The molecule has 0 spiro atoms. The van der Waals surface area contributed by atoms with Gasteiger partial charge in [-0.05, 0) is 54.1 Å². The average molecular weight is 475 g/mol. The zero-order valence-electron chi connectivity index (χ0n) is 18.4. The third-order valence-electron chi connectivity index (χ3n) is 4.78. The molecular weight excluding hydrogens is 452 g/mol. The van der Waals surface area contributed by atoms with Gasteiger partial charge in [0.25, 0.3) is 11.8 Å². The first-order valence-electron chi connectivity index (χ1n) is 10.4. The van der Waals surface area contributed by atoms with Gasteiger partial charge >= 0.3 is 0 Å². The van der Waals surface area contributed by atoms with Crippen molar-refractivity contribution in [2.24, 2.45) is 0 Å². The second-order valence-electron chi connectivity index (χ2n) is 7.16. The van der Waals surface area contributed by atoms with Gasteiger partial charge in [-0.3, -0.25) is 9.59 Å². The van der Waals surface area contributed by atoms with Gasteiger partial charge < -0.3 is 20.1 Å². The van der Waals surface area contributed by atoms with Gasteiger partial charge in [-0.2, -0.15) is 0 Å². The minimum atomic E-state index is -0.375. The molecule has 1 heterocycles. The summed E-state index contributed by atoms with van der Waals surface area (Å²) in [6, 6.07) is 23.5. The molecule has 0 unspecified atom stereocenters. The highest BCUT2D eigenvalue weighted by Crippen LogP contribution is 2.17. The summed E-state index contributed by atoms with van der Waals surface area (Å²) >= 11 is 1.16. The van der Waals surface area contributed by atoms with Crippen LogP contribution in [0.3, 0.4) is 0 Å². The van der Waals surface area contributed by atoms with Gasteiger partial charge in [0.2, 0.25) is 5.01 Å². The Morgan fingerprint density at radius 3 is 2.29 bits per heavy atom. The first kappa shape index (κ1) is 22.9. The molecule has 0 radical (unpaired) electrons. The van der Waals surface area contributed by atoms with Crippen molar-refractivity contribution >= 4 is 28.8 Å². The Balaban J connectivity index is 1.27. The van der Waals surface area contributed by atoms with E-state index in [0.29, 0.717) is 22.8 Å². The highest BCUT2D eigenvalue weighted by molar-refractivity contribution is 7.13. The van der Waals surface area contributed by atoms with Crippen LogP contribution in [0.1, 0.15) is 30.7 Å². The molecule has 9 heteroatoms. The summed E-state index contributed by atoms with van der Waals surface area (Å²) in [5.74, 6) is 0.899. The van der Waals surface area contributed by atoms with E-state index in [1.54, 1.807) is 31.4 Å². The maximum Gasteiger partial charge on any atom is 0.286 e. The van der Waals surface area contributed by atoms with Gasteiger partial charge in [0.15, 0.2) is 5.01 Å². The fourth-order valence-corrected chi connectivity index (χ4v) is 3.63. The van der Waals surface area contributed by atoms with Crippen LogP contribution in [-0.4, -0.2) is 29.1 Å². The Bertz CT molecular complexity index is 1240. The second kappa shape index (κ2) is 11.1. The number of amides is 2. The van der Waals surface area contributed by atoms with Gasteiger partial charge in [0.1, 0.15) is 18.1 Å². The van der Waals surface area contributed by atoms with Gasteiger partial charge in [-0.1, -0.05) is 41.7 Å². The first-order valence-corrected chi connectivity index (χ1v) is 11.2. The van der Waals surface area contributed by atoms with Crippen molar-refractivity contribution in [1.82, 2.24) is 15.5 Å². The summed E-state index contributed by atoms with van der Waals surface area (Å²) in [6.07, 6.45) is 0. The van der Waals surface area contributed by atoms with Crippen molar-refractivity contribution in [2.75, 3.05) is 12.4 Å². The molecule has 8 nitrogen and oxygen atoms in total. The lowest BCUT2D eigenvalue weighted by molar-refractivity contribution is 0.0950. The standard InChI is InChI=1S/C25H22N4O4S/c1-32-20-13-7-17(8-14-20)15-26-23(30)18-9-11-19(12-10-18)27-24(31)25-29-28-22(34-25)16-33-21-5-3-2-4-6-21/h2-14H,15-16H2,1H3,(H,26,30)(H,27,31). The molecule has 4 aromatic rings. The fraction of sp³-hybridized carbons (Fsp3) is 0.120. The molecule has 1 aromatic heterocycles. The largest absolute Gasteiger partial charge is 0.497 e. The number of carbonyl (C=O) groups excluding carboxylic acids is 2. The minimum Gasteiger partial charge on any atom is -0.497 e. The number of methoxy groups -OCH3 is 1. The number of hydrogen-bond donors (Lipinski definition) is 2. The number of ether oxygens (including phenoxy) is 2. The SMILES string of the molecule is COc1ccc(CNC(=O)c2ccc(NC(=O)c3nnc(COc4ccccc4)s3)cc2)cc1. The van der Waals surface area contributed by atoms with Crippen LogP contribution < -0.4 is 20.1 Å². The van der Waals surface area contributed by atoms with Gasteiger partial charge in [-0.25, -0.2) is 0 Å². The van der Waals surface area contributed by atoms with Crippen LogP contribution in [-0.2, 0) is 13.2 Å². The zero-order valence-corrected chi connectivity index (χ0v) is 19.2. The number of nitrogens with one attached hydrogen (secondary N) is 2. The quantitative estimate of drug-likeness (QED) is 0.375. The van der Waals surface area contributed by atoms with Crippen molar-refractivity contribution < 1.29 is 19.1 Å². The van der Waals surface area contributed by atoms with Gasteiger partial charge in [0, 0.05) is 17.8 Å². The summed E-state index contributed by atoms with van der Waals surface area (Å²) in [7, 11) is 1.61. The van der Waals surface area contributed by atoms with E-state index in [9.17, 15) is 9.59 Å². The van der Waals surface area contributed by atoms with Gasteiger partial charge in [0.05, 0.1) is 7.11 Å². The number of carbonyl (C=O) groups is 2. The molecule has 0 fully saturated rings. The molecule has 0 atom stereocenters. The zero-order chi connectivity index (χ0) is 23.8. The van der Waals surface area contributed by atoms with Crippen LogP contribution >= 0.6 is 11.3 Å². The number of para-hydroxylation sites is 1. The molecule has 0 saturated heterocycles. The van der Waals surface area contributed by atoms with Crippen molar-refractivity contribution in [3.8, 4) is 11.5 Å².